The van der Waals surface area contributed by atoms with Gasteiger partial charge in [0.15, 0.2) is 0 Å². The van der Waals surface area contributed by atoms with Crippen molar-refractivity contribution in [2.75, 3.05) is 0 Å². The Morgan fingerprint density at radius 3 is 2.81 bits per heavy atom. The van der Waals surface area contributed by atoms with Crippen molar-refractivity contribution >= 4 is 5.91 Å². The Hall–Kier alpha value is -2.96. The first-order valence-electron chi connectivity index (χ1n) is 8.69. The molecule has 0 saturated heterocycles. The second-order valence-electron chi connectivity index (χ2n) is 6.82. The van der Waals surface area contributed by atoms with Gasteiger partial charge in [-0.15, -0.1) is 0 Å². The van der Waals surface area contributed by atoms with E-state index in [9.17, 15) is 9.18 Å². The Morgan fingerprint density at radius 1 is 1.31 bits per heavy atom. The van der Waals surface area contributed by atoms with Crippen LogP contribution in [0.2, 0.25) is 0 Å². The van der Waals surface area contributed by atoms with Crippen LogP contribution in [0.25, 0.3) is 11.3 Å². The lowest BCUT2D eigenvalue weighted by Gasteiger charge is -2.31. The van der Waals surface area contributed by atoms with E-state index in [2.05, 4.69) is 20.6 Å². The molecule has 4 rings (SSSR count). The van der Waals surface area contributed by atoms with Crippen molar-refractivity contribution in [2.45, 2.75) is 31.2 Å². The second-order valence-corrected chi connectivity index (χ2v) is 6.82. The minimum absolute atomic E-state index is 0.237. The largest absolute Gasteiger partial charge is 0.341 e. The van der Waals surface area contributed by atoms with E-state index in [0.29, 0.717) is 11.4 Å². The summed E-state index contributed by atoms with van der Waals surface area (Å²) in [4.78, 5) is 12.8. The van der Waals surface area contributed by atoms with Crippen LogP contribution in [0.3, 0.4) is 0 Å². The van der Waals surface area contributed by atoms with Crippen LogP contribution in [-0.2, 0) is 12.6 Å². The maximum atomic E-state index is 13.7. The summed E-state index contributed by atoms with van der Waals surface area (Å²) in [5.74, 6) is -0.526. The van der Waals surface area contributed by atoms with E-state index in [1.807, 2.05) is 19.3 Å². The van der Waals surface area contributed by atoms with E-state index in [-0.39, 0.29) is 11.7 Å². The summed E-state index contributed by atoms with van der Waals surface area (Å²) in [7, 11) is 1.83. The van der Waals surface area contributed by atoms with Gasteiger partial charge in [0.2, 0.25) is 0 Å². The summed E-state index contributed by atoms with van der Waals surface area (Å²) >= 11 is 0. The van der Waals surface area contributed by atoms with E-state index in [1.54, 1.807) is 23.0 Å². The SMILES string of the molecule is Cn1cc(-c2cc(C(=O)NC3(c4cccc(F)c4)CCCC3)[nH]n2)cn1. The van der Waals surface area contributed by atoms with Crippen molar-refractivity contribution in [2.24, 2.45) is 7.05 Å². The molecule has 2 N–H and O–H groups in total. The number of carbonyl (C=O) groups is 1. The van der Waals surface area contributed by atoms with Crippen LogP contribution >= 0.6 is 0 Å². The monoisotopic (exact) mass is 353 g/mol. The number of H-pyrrole nitrogens is 1. The molecule has 1 amide bonds. The molecule has 2 heterocycles. The lowest BCUT2D eigenvalue weighted by atomic mass is 9.88. The Morgan fingerprint density at radius 2 is 2.12 bits per heavy atom. The molecule has 2 aromatic heterocycles. The summed E-state index contributed by atoms with van der Waals surface area (Å²) in [6.45, 7) is 0. The molecule has 1 aliphatic rings. The molecule has 0 radical (unpaired) electrons. The normalized spacial score (nSPS) is 15.9. The van der Waals surface area contributed by atoms with Gasteiger partial charge in [0, 0.05) is 18.8 Å². The Labute approximate surface area is 150 Å². The molecule has 6 nitrogen and oxygen atoms in total. The van der Waals surface area contributed by atoms with E-state index in [0.717, 1.165) is 36.8 Å². The number of rotatable bonds is 4. The summed E-state index contributed by atoms with van der Waals surface area (Å²) in [5, 5.41) is 14.2. The van der Waals surface area contributed by atoms with Gasteiger partial charge in [-0.3, -0.25) is 14.6 Å². The van der Waals surface area contributed by atoms with Gasteiger partial charge in [0.05, 0.1) is 17.4 Å². The van der Waals surface area contributed by atoms with Gasteiger partial charge in [0.25, 0.3) is 5.91 Å². The zero-order chi connectivity index (χ0) is 18.1. The van der Waals surface area contributed by atoms with Gasteiger partial charge >= 0.3 is 0 Å². The minimum Gasteiger partial charge on any atom is -0.341 e. The number of carbonyl (C=O) groups excluding carboxylic acids is 1. The van der Waals surface area contributed by atoms with Crippen molar-refractivity contribution in [3.8, 4) is 11.3 Å². The smallest absolute Gasteiger partial charge is 0.270 e. The van der Waals surface area contributed by atoms with Gasteiger partial charge in [-0.25, -0.2) is 4.39 Å². The zero-order valence-electron chi connectivity index (χ0n) is 14.5. The van der Waals surface area contributed by atoms with Crippen molar-refractivity contribution < 1.29 is 9.18 Å². The van der Waals surface area contributed by atoms with Crippen LogP contribution < -0.4 is 5.32 Å². The number of nitrogens with one attached hydrogen (secondary N) is 2. The molecule has 26 heavy (non-hydrogen) atoms. The Balaban J connectivity index is 1.59. The number of hydrogen-bond donors (Lipinski definition) is 2. The van der Waals surface area contributed by atoms with Crippen LogP contribution in [-0.4, -0.2) is 25.9 Å². The first-order chi connectivity index (χ1) is 12.6. The number of hydrogen-bond acceptors (Lipinski definition) is 3. The van der Waals surface area contributed by atoms with Crippen LogP contribution in [0.4, 0.5) is 4.39 Å². The molecule has 0 unspecified atom stereocenters. The molecule has 1 saturated carbocycles. The van der Waals surface area contributed by atoms with E-state index < -0.39 is 5.54 Å². The Kier molecular flexibility index (Phi) is 4.06. The number of nitrogens with zero attached hydrogens (tertiary/aromatic N) is 3. The first-order valence-corrected chi connectivity index (χ1v) is 8.69. The van der Waals surface area contributed by atoms with Crippen molar-refractivity contribution in [1.82, 2.24) is 25.3 Å². The Bertz CT molecular complexity index is 939. The highest BCUT2D eigenvalue weighted by Crippen LogP contribution is 2.39. The highest BCUT2D eigenvalue weighted by atomic mass is 19.1. The predicted molar refractivity (Wildman–Crippen MR) is 94.8 cm³/mol. The minimum atomic E-state index is -0.529. The second kappa shape index (κ2) is 6.40. The number of aromatic nitrogens is 4. The molecule has 1 aliphatic carbocycles. The third kappa shape index (κ3) is 3.00. The van der Waals surface area contributed by atoms with Gasteiger partial charge in [0.1, 0.15) is 11.5 Å². The molecule has 0 aliphatic heterocycles. The van der Waals surface area contributed by atoms with Crippen LogP contribution in [0, 0.1) is 5.82 Å². The molecule has 1 aromatic carbocycles. The van der Waals surface area contributed by atoms with Crippen LogP contribution in [0.1, 0.15) is 41.7 Å². The average molecular weight is 353 g/mol. The van der Waals surface area contributed by atoms with Crippen molar-refractivity contribution in [3.05, 3.63) is 59.8 Å². The van der Waals surface area contributed by atoms with E-state index >= 15 is 0 Å². The molecule has 0 spiro atoms. The highest BCUT2D eigenvalue weighted by Gasteiger charge is 2.37. The van der Waals surface area contributed by atoms with Gasteiger partial charge in [-0.1, -0.05) is 25.0 Å². The standard InChI is InChI=1S/C19H20FN5O/c1-25-12-13(11-21-25)16-10-17(24-23-16)18(26)22-19(7-2-3-8-19)14-5-4-6-15(20)9-14/h4-6,9-12H,2-3,7-8H2,1H3,(H,22,26)(H,23,24). The lowest BCUT2D eigenvalue weighted by molar-refractivity contribution is 0.0892. The average Bonchev–Trinajstić information content (AvgIpc) is 3.35. The lowest BCUT2D eigenvalue weighted by Crippen LogP contribution is -2.44. The number of halogens is 1. The van der Waals surface area contributed by atoms with Crippen LogP contribution in [0.15, 0.2) is 42.7 Å². The summed E-state index contributed by atoms with van der Waals surface area (Å²) in [6, 6.07) is 8.21. The molecule has 0 bridgehead atoms. The summed E-state index contributed by atoms with van der Waals surface area (Å²) < 4.78 is 15.4. The third-order valence-electron chi connectivity index (χ3n) is 5.01. The first kappa shape index (κ1) is 16.5. The number of aromatic amines is 1. The quantitative estimate of drug-likeness (QED) is 0.756. The molecule has 134 valence electrons. The summed E-state index contributed by atoms with van der Waals surface area (Å²) in [5.41, 5.74) is 2.17. The summed E-state index contributed by atoms with van der Waals surface area (Å²) in [6.07, 6.45) is 7.13. The van der Waals surface area contributed by atoms with Gasteiger partial charge in [-0.05, 0) is 36.6 Å². The molecule has 7 heteroatoms. The molecular formula is C19H20FN5O. The topological polar surface area (TPSA) is 75.6 Å². The highest BCUT2D eigenvalue weighted by molar-refractivity contribution is 5.94. The van der Waals surface area contributed by atoms with Crippen LogP contribution in [0.5, 0.6) is 0 Å². The fraction of sp³-hybridized carbons (Fsp3) is 0.316. The molecule has 0 atom stereocenters. The molecule has 3 aromatic rings. The fourth-order valence-electron chi connectivity index (χ4n) is 3.67. The zero-order valence-corrected chi connectivity index (χ0v) is 14.5. The van der Waals surface area contributed by atoms with Crippen molar-refractivity contribution in [3.63, 3.8) is 0 Å². The predicted octanol–water partition coefficient (Wildman–Crippen LogP) is 3.15. The maximum absolute atomic E-state index is 13.7. The maximum Gasteiger partial charge on any atom is 0.270 e. The fourth-order valence-corrected chi connectivity index (χ4v) is 3.67. The molecule has 1 fully saturated rings. The number of amides is 1. The van der Waals surface area contributed by atoms with E-state index in [4.69, 9.17) is 0 Å². The van der Waals surface area contributed by atoms with E-state index in [1.165, 1.54) is 12.1 Å². The van der Waals surface area contributed by atoms with Crippen molar-refractivity contribution in [1.29, 1.82) is 0 Å². The number of benzene rings is 1. The van der Waals surface area contributed by atoms with Gasteiger partial charge in [-0.2, -0.15) is 10.2 Å². The number of aryl methyl sites for hydroxylation is 1. The van der Waals surface area contributed by atoms with Gasteiger partial charge < -0.3 is 5.32 Å². The third-order valence-corrected chi connectivity index (χ3v) is 5.01. The molecular weight excluding hydrogens is 333 g/mol.